The number of methoxy groups -OCH3 is 1. The molecule has 108 valence electrons. The molecule has 0 aliphatic carbocycles. The molecule has 0 saturated heterocycles. The van der Waals surface area contributed by atoms with Gasteiger partial charge in [0, 0.05) is 12.1 Å². The minimum absolute atomic E-state index is 0.0220. The number of nitrogens with one attached hydrogen (secondary N) is 1. The van der Waals surface area contributed by atoms with Crippen molar-refractivity contribution in [3.05, 3.63) is 51.8 Å². The Balaban J connectivity index is 2.33. The van der Waals surface area contributed by atoms with Crippen LogP contribution in [0.2, 0.25) is 5.02 Å². The van der Waals surface area contributed by atoms with Gasteiger partial charge in [0.25, 0.3) is 0 Å². The SMILES string of the molecule is COc1cc2c(cc1F)[nH]c(=S)n2-c1ccc(Cl)c(F)c1. The lowest BCUT2D eigenvalue weighted by Crippen LogP contribution is -1.96. The van der Waals surface area contributed by atoms with Crippen LogP contribution >= 0.6 is 23.8 Å². The first-order valence-corrected chi connectivity index (χ1v) is 6.73. The number of aromatic amines is 1. The predicted octanol–water partition coefficient (Wildman–Crippen LogP) is 4.63. The maximum absolute atomic E-state index is 13.7. The summed E-state index contributed by atoms with van der Waals surface area (Å²) < 4.78 is 34.2. The summed E-state index contributed by atoms with van der Waals surface area (Å²) in [6.45, 7) is 0. The second-order valence-electron chi connectivity index (χ2n) is 4.37. The van der Waals surface area contributed by atoms with Crippen LogP contribution in [0.1, 0.15) is 0 Å². The molecule has 7 heteroatoms. The van der Waals surface area contributed by atoms with E-state index in [1.807, 2.05) is 0 Å². The monoisotopic (exact) mass is 326 g/mol. The molecule has 0 bridgehead atoms. The van der Waals surface area contributed by atoms with E-state index in [-0.39, 0.29) is 10.8 Å². The summed E-state index contributed by atoms with van der Waals surface area (Å²) >= 11 is 10.9. The topological polar surface area (TPSA) is 29.9 Å². The first-order valence-electron chi connectivity index (χ1n) is 5.95. The van der Waals surface area contributed by atoms with Gasteiger partial charge in [0.15, 0.2) is 16.3 Å². The van der Waals surface area contributed by atoms with Crippen molar-refractivity contribution in [3.8, 4) is 11.4 Å². The molecule has 0 spiro atoms. The van der Waals surface area contributed by atoms with Gasteiger partial charge in [0.05, 0.1) is 28.9 Å². The number of hydrogen-bond acceptors (Lipinski definition) is 2. The van der Waals surface area contributed by atoms with E-state index < -0.39 is 11.6 Å². The van der Waals surface area contributed by atoms with E-state index in [4.69, 9.17) is 28.6 Å². The van der Waals surface area contributed by atoms with Crippen molar-refractivity contribution in [1.82, 2.24) is 9.55 Å². The summed E-state index contributed by atoms with van der Waals surface area (Å²) in [7, 11) is 1.37. The molecular formula is C14H9ClF2N2OS. The van der Waals surface area contributed by atoms with Crippen molar-refractivity contribution in [2.45, 2.75) is 0 Å². The Kier molecular flexibility index (Phi) is 3.43. The highest BCUT2D eigenvalue weighted by molar-refractivity contribution is 7.71. The average molecular weight is 327 g/mol. The van der Waals surface area contributed by atoms with Gasteiger partial charge in [0.2, 0.25) is 0 Å². The summed E-state index contributed by atoms with van der Waals surface area (Å²) in [5.41, 5.74) is 1.57. The third-order valence-corrected chi connectivity index (χ3v) is 3.71. The normalized spacial score (nSPS) is 11.0. The molecule has 3 aromatic rings. The number of imidazole rings is 1. The Hall–Kier alpha value is -1.92. The van der Waals surface area contributed by atoms with Gasteiger partial charge in [-0.3, -0.25) is 4.57 Å². The maximum atomic E-state index is 13.7. The van der Waals surface area contributed by atoms with Gasteiger partial charge < -0.3 is 9.72 Å². The molecule has 0 radical (unpaired) electrons. The number of H-pyrrole nitrogens is 1. The minimum atomic E-state index is -0.556. The second-order valence-corrected chi connectivity index (χ2v) is 5.16. The lowest BCUT2D eigenvalue weighted by molar-refractivity contribution is 0.387. The number of hydrogen-bond donors (Lipinski definition) is 1. The van der Waals surface area contributed by atoms with E-state index in [1.165, 1.54) is 31.4 Å². The number of rotatable bonds is 2. The standard InChI is InChI=1S/C14H9ClF2N2OS/c1-20-13-6-12-11(5-10(13)17)18-14(21)19(12)7-2-3-8(15)9(16)4-7/h2-6H,1H3,(H,18,21). The molecule has 0 fully saturated rings. The molecule has 0 unspecified atom stereocenters. The van der Waals surface area contributed by atoms with E-state index >= 15 is 0 Å². The number of fused-ring (bicyclic) bond motifs is 1. The fourth-order valence-corrected chi connectivity index (χ4v) is 2.58. The predicted molar refractivity (Wildman–Crippen MR) is 79.9 cm³/mol. The first kappa shape index (κ1) is 14.0. The van der Waals surface area contributed by atoms with Crippen molar-refractivity contribution in [1.29, 1.82) is 0 Å². The quantitative estimate of drug-likeness (QED) is 0.696. The zero-order valence-corrected chi connectivity index (χ0v) is 12.4. The first-order chi connectivity index (χ1) is 10.0. The Morgan fingerprint density at radius 1 is 1.19 bits per heavy atom. The van der Waals surface area contributed by atoms with Crippen molar-refractivity contribution in [2.24, 2.45) is 0 Å². The largest absolute Gasteiger partial charge is 0.494 e. The smallest absolute Gasteiger partial charge is 0.182 e. The van der Waals surface area contributed by atoms with Crippen molar-refractivity contribution < 1.29 is 13.5 Å². The summed E-state index contributed by atoms with van der Waals surface area (Å²) in [5.74, 6) is -0.977. The molecule has 3 rings (SSSR count). The van der Waals surface area contributed by atoms with E-state index in [0.29, 0.717) is 21.5 Å². The highest BCUT2D eigenvalue weighted by Crippen LogP contribution is 2.28. The molecule has 1 N–H and O–H groups in total. The fourth-order valence-electron chi connectivity index (χ4n) is 2.15. The lowest BCUT2D eigenvalue weighted by atomic mass is 10.2. The Labute approximate surface area is 128 Å². The highest BCUT2D eigenvalue weighted by Gasteiger charge is 2.13. The van der Waals surface area contributed by atoms with Gasteiger partial charge in [-0.1, -0.05) is 11.6 Å². The molecule has 21 heavy (non-hydrogen) atoms. The molecular weight excluding hydrogens is 318 g/mol. The van der Waals surface area contributed by atoms with Crippen molar-refractivity contribution in [2.75, 3.05) is 7.11 Å². The van der Waals surface area contributed by atoms with Crippen LogP contribution in [0.4, 0.5) is 8.78 Å². The van der Waals surface area contributed by atoms with E-state index in [2.05, 4.69) is 4.98 Å². The third-order valence-electron chi connectivity index (χ3n) is 3.12. The second kappa shape index (κ2) is 5.13. The number of nitrogens with zero attached hydrogens (tertiary/aromatic N) is 1. The summed E-state index contributed by atoms with van der Waals surface area (Å²) in [6, 6.07) is 7.12. The Bertz CT molecular complexity index is 904. The molecule has 0 aliphatic rings. The van der Waals surface area contributed by atoms with E-state index in [9.17, 15) is 8.78 Å². The molecule has 1 aromatic heterocycles. The van der Waals surface area contributed by atoms with Crippen LogP contribution in [0.5, 0.6) is 5.75 Å². The molecule has 3 nitrogen and oxygen atoms in total. The minimum Gasteiger partial charge on any atom is -0.494 e. The average Bonchev–Trinajstić information content (AvgIpc) is 2.76. The fraction of sp³-hybridized carbons (Fsp3) is 0.0714. The number of aromatic nitrogens is 2. The zero-order chi connectivity index (χ0) is 15.1. The van der Waals surface area contributed by atoms with Crippen LogP contribution in [-0.4, -0.2) is 16.7 Å². The Morgan fingerprint density at radius 3 is 2.62 bits per heavy atom. The van der Waals surface area contributed by atoms with Crippen LogP contribution in [-0.2, 0) is 0 Å². The van der Waals surface area contributed by atoms with Crippen molar-refractivity contribution in [3.63, 3.8) is 0 Å². The number of halogens is 3. The van der Waals surface area contributed by atoms with Gasteiger partial charge in [-0.25, -0.2) is 8.78 Å². The van der Waals surface area contributed by atoms with Gasteiger partial charge in [-0.2, -0.15) is 0 Å². The van der Waals surface area contributed by atoms with Crippen LogP contribution < -0.4 is 4.74 Å². The summed E-state index contributed by atoms with van der Waals surface area (Å²) in [5, 5.41) is 0.0220. The van der Waals surface area contributed by atoms with E-state index in [1.54, 1.807) is 10.6 Å². The van der Waals surface area contributed by atoms with Gasteiger partial charge in [0.1, 0.15) is 5.82 Å². The van der Waals surface area contributed by atoms with Gasteiger partial charge in [-0.15, -0.1) is 0 Å². The zero-order valence-electron chi connectivity index (χ0n) is 10.8. The van der Waals surface area contributed by atoms with Crippen LogP contribution in [0.15, 0.2) is 30.3 Å². The molecule has 0 aliphatic heterocycles. The van der Waals surface area contributed by atoms with Crippen LogP contribution in [0.3, 0.4) is 0 Å². The summed E-state index contributed by atoms with van der Waals surface area (Å²) in [6.07, 6.45) is 0. The molecule has 1 heterocycles. The van der Waals surface area contributed by atoms with Gasteiger partial charge in [-0.05, 0) is 30.4 Å². The Morgan fingerprint density at radius 2 is 1.95 bits per heavy atom. The summed E-state index contributed by atoms with van der Waals surface area (Å²) in [4.78, 5) is 2.88. The molecule has 0 amide bonds. The number of benzene rings is 2. The lowest BCUT2D eigenvalue weighted by Gasteiger charge is -2.07. The molecule has 0 atom stereocenters. The highest BCUT2D eigenvalue weighted by atomic mass is 35.5. The van der Waals surface area contributed by atoms with Gasteiger partial charge >= 0.3 is 0 Å². The van der Waals surface area contributed by atoms with Crippen LogP contribution in [0.25, 0.3) is 16.7 Å². The molecule has 0 saturated carbocycles. The molecule has 2 aromatic carbocycles. The third kappa shape index (κ3) is 2.30. The van der Waals surface area contributed by atoms with Crippen molar-refractivity contribution >= 4 is 34.9 Å². The van der Waals surface area contributed by atoms with Crippen LogP contribution in [0, 0.1) is 16.4 Å². The van der Waals surface area contributed by atoms with E-state index in [0.717, 1.165) is 0 Å². The maximum Gasteiger partial charge on any atom is 0.182 e. The number of ether oxygens (including phenoxy) is 1.